The summed E-state index contributed by atoms with van der Waals surface area (Å²) in [6.07, 6.45) is 4.34. The molecule has 0 fully saturated rings. The van der Waals surface area contributed by atoms with Crippen molar-refractivity contribution < 1.29 is 19.4 Å². The van der Waals surface area contributed by atoms with Crippen molar-refractivity contribution in [1.29, 1.82) is 0 Å². The standard InChI is InChI=1S/C11H12O4/c12-8-4-2-1-3-7(8)11-9(13)5-6-10(14)15-11/h3,5-6,10-11,14H,1-2,4H2/t10-,11+/m1/s1. The number of hydrogen-bond donors (Lipinski definition) is 1. The lowest BCUT2D eigenvalue weighted by Gasteiger charge is -2.24. The predicted molar refractivity (Wildman–Crippen MR) is 52.0 cm³/mol. The number of allylic oxidation sites excluding steroid dienone is 1. The van der Waals surface area contributed by atoms with Crippen molar-refractivity contribution in [3.05, 3.63) is 23.8 Å². The molecule has 2 rings (SSSR count). The monoisotopic (exact) mass is 208 g/mol. The Morgan fingerprint density at radius 3 is 2.93 bits per heavy atom. The van der Waals surface area contributed by atoms with Gasteiger partial charge in [-0.15, -0.1) is 0 Å². The van der Waals surface area contributed by atoms with E-state index in [9.17, 15) is 14.7 Å². The Morgan fingerprint density at radius 1 is 1.40 bits per heavy atom. The molecule has 1 heterocycles. The first kappa shape index (κ1) is 10.3. The highest BCUT2D eigenvalue weighted by Gasteiger charge is 2.31. The van der Waals surface area contributed by atoms with Gasteiger partial charge in [0.25, 0.3) is 0 Å². The third kappa shape index (κ3) is 2.06. The third-order valence-corrected chi connectivity index (χ3v) is 2.54. The second-order valence-electron chi connectivity index (χ2n) is 3.64. The molecule has 1 aliphatic heterocycles. The van der Waals surface area contributed by atoms with Crippen LogP contribution < -0.4 is 0 Å². The summed E-state index contributed by atoms with van der Waals surface area (Å²) in [5.74, 6) is -0.330. The molecule has 0 bridgehead atoms. The Bertz CT molecular complexity index is 354. The average molecular weight is 208 g/mol. The second kappa shape index (κ2) is 4.08. The van der Waals surface area contributed by atoms with E-state index >= 15 is 0 Å². The van der Waals surface area contributed by atoms with E-state index in [1.807, 2.05) is 0 Å². The molecular weight excluding hydrogens is 196 g/mol. The predicted octanol–water partition coefficient (Wildman–Crippen LogP) is 0.508. The van der Waals surface area contributed by atoms with Crippen molar-refractivity contribution in [1.82, 2.24) is 0 Å². The fourth-order valence-corrected chi connectivity index (χ4v) is 1.77. The van der Waals surface area contributed by atoms with E-state index in [1.165, 1.54) is 12.2 Å². The molecule has 0 aromatic carbocycles. The highest BCUT2D eigenvalue weighted by molar-refractivity contribution is 6.07. The number of ether oxygens (including phenoxy) is 1. The summed E-state index contributed by atoms with van der Waals surface area (Å²) in [6, 6.07) is 0. The van der Waals surface area contributed by atoms with Crippen LogP contribution in [0.5, 0.6) is 0 Å². The molecule has 0 aromatic heterocycles. The average Bonchev–Trinajstić information content (AvgIpc) is 2.23. The first-order valence-electron chi connectivity index (χ1n) is 4.97. The van der Waals surface area contributed by atoms with Crippen molar-refractivity contribution in [3.8, 4) is 0 Å². The molecule has 0 amide bonds. The summed E-state index contributed by atoms with van der Waals surface area (Å²) in [6.45, 7) is 0. The van der Waals surface area contributed by atoms with Gasteiger partial charge in [-0.2, -0.15) is 0 Å². The minimum atomic E-state index is -1.09. The number of ketones is 2. The summed E-state index contributed by atoms with van der Waals surface area (Å²) in [5.41, 5.74) is 0.398. The Hall–Kier alpha value is -1.26. The second-order valence-corrected chi connectivity index (χ2v) is 3.64. The van der Waals surface area contributed by atoms with Crippen molar-refractivity contribution in [2.75, 3.05) is 0 Å². The van der Waals surface area contributed by atoms with Crippen LogP contribution >= 0.6 is 0 Å². The maximum Gasteiger partial charge on any atom is 0.189 e. The van der Waals surface area contributed by atoms with Gasteiger partial charge in [0.15, 0.2) is 24.0 Å². The smallest absolute Gasteiger partial charge is 0.189 e. The number of carbonyl (C=O) groups is 2. The quantitative estimate of drug-likeness (QED) is 0.681. The van der Waals surface area contributed by atoms with Crippen molar-refractivity contribution in [3.63, 3.8) is 0 Å². The first-order valence-corrected chi connectivity index (χ1v) is 4.97. The molecule has 15 heavy (non-hydrogen) atoms. The number of aliphatic hydroxyl groups excluding tert-OH is 1. The van der Waals surface area contributed by atoms with Gasteiger partial charge in [-0.3, -0.25) is 9.59 Å². The van der Waals surface area contributed by atoms with Gasteiger partial charge in [-0.1, -0.05) is 6.08 Å². The lowest BCUT2D eigenvalue weighted by atomic mass is 9.91. The van der Waals surface area contributed by atoms with Crippen LogP contribution in [0.2, 0.25) is 0 Å². The molecule has 80 valence electrons. The van der Waals surface area contributed by atoms with E-state index < -0.39 is 12.4 Å². The fraction of sp³-hybridized carbons (Fsp3) is 0.455. The topological polar surface area (TPSA) is 63.6 Å². The van der Waals surface area contributed by atoms with Crippen LogP contribution in [0.3, 0.4) is 0 Å². The molecule has 4 heteroatoms. The molecule has 2 aliphatic rings. The van der Waals surface area contributed by atoms with Crippen molar-refractivity contribution in [2.24, 2.45) is 0 Å². The zero-order chi connectivity index (χ0) is 10.8. The van der Waals surface area contributed by atoms with Gasteiger partial charge in [0.1, 0.15) is 0 Å². The number of hydrogen-bond acceptors (Lipinski definition) is 4. The van der Waals surface area contributed by atoms with E-state index in [0.29, 0.717) is 12.0 Å². The van der Waals surface area contributed by atoms with Crippen LogP contribution in [0.1, 0.15) is 19.3 Å². The minimum Gasteiger partial charge on any atom is -0.365 e. The van der Waals surface area contributed by atoms with E-state index in [-0.39, 0.29) is 11.6 Å². The van der Waals surface area contributed by atoms with Crippen LogP contribution in [-0.2, 0) is 14.3 Å². The van der Waals surface area contributed by atoms with Crippen LogP contribution in [0.25, 0.3) is 0 Å². The first-order chi connectivity index (χ1) is 7.18. The Labute approximate surface area is 87.2 Å². The van der Waals surface area contributed by atoms with Crippen LogP contribution in [0.15, 0.2) is 23.8 Å². The van der Waals surface area contributed by atoms with Gasteiger partial charge in [-0.05, 0) is 25.0 Å². The van der Waals surface area contributed by atoms with Crippen LogP contribution in [0, 0.1) is 0 Å². The summed E-state index contributed by atoms with van der Waals surface area (Å²) in [4.78, 5) is 23.0. The Balaban J connectivity index is 2.23. The number of carbonyl (C=O) groups excluding carboxylic acids is 2. The molecule has 0 radical (unpaired) electrons. The van der Waals surface area contributed by atoms with Crippen LogP contribution in [-0.4, -0.2) is 29.1 Å². The minimum absolute atomic E-state index is 0.0536. The Kier molecular flexibility index (Phi) is 2.79. The summed E-state index contributed by atoms with van der Waals surface area (Å²) < 4.78 is 5.04. The summed E-state index contributed by atoms with van der Waals surface area (Å²) in [7, 11) is 0. The SMILES string of the molecule is O=C1CCCC=C1[C@@H]1O[C@@H](O)C=CC1=O. The highest BCUT2D eigenvalue weighted by atomic mass is 16.6. The fourth-order valence-electron chi connectivity index (χ4n) is 1.77. The Morgan fingerprint density at radius 2 is 2.20 bits per heavy atom. The van der Waals surface area contributed by atoms with E-state index in [4.69, 9.17) is 4.74 Å². The molecule has 0 unspecified atom stereocenters. The number of aliphatic hydroxyl groups is 1. The molecule has 0 saturated carbocycles. The maximum atomic E-state index is 11.5. The zero-order valence-electron chi connectivity index (χ0n) is 8.18. The molecule has 0 saturated heterocycles. The lowest BCUT2D eigenvalue weighted by molar-refractivity contribution is -0.145. The number of rotatable bonds is 1. The lowest BCUT2D eigenvalue weighted by Crippen LogP contribution is -2.36. The molecule has 4 nitrogen and oxygen atoms in total. The van der Waals surface area contributed by atoms with Gasteiger partial charge < -0.3 is 9.84 Å². The molecule has 0 spiro atoms. The largest absolute Gasteiger partial charge is 0.365 e. The van der Waals surface area contributed by atoms with Gasteiger partial charge in [0, 0.05) is 12.0 Å². The molecule has 1 N–H and O–H groups in total. The van der Waals surface area contributed by atoms with Gasteiger partial charge >= 0.3 is 0 Å². The maximum absolute atomic E-state index is 11.5. The molecule has 1 aliphatic carbocycles. The van der Waals surface area contributed by atoms with Gasteiger partial charge in [0.05, 0.1) is 0 Å². The van der Waals surface area contributed by atoms with E-state index in [1.54, 1.807) is 6.08 Å². The third-order valence-electron chi connectivity index (χ3n) is 2.54. The van der Waals surface area contributed by atoms with Crippen molar-refractivity contribution in [2.45, 2.75) is 31.7 Å². The van der Waals surface area contributed by atoms with E-state index in [2.05, 4.69) is 0 Å². The van der Waals surface area contributed by atoms with E-state index in [0.717, 1.165) is 12.8 Å². The van der Waals surface area contributed by atoms with Gasteiger partial charge in [-0.25, -0.2) is 0 Å². The summed E-state index contributed by atoms with van der Waals surface area (Å²) >= 11 is 0. The van der Waals surface area contributed by atoms with Gasteiger partial charge in [0.2, 0.25) is 0 Å². The zero-order valence-corrected chi connectivity index (χ0v) is 8.18. The molecule has 2 atom stereocenters. The highest BCUT2D eigenvalue weighted by Crippen LogP contribution is 2.22. The van der Waals surface area contributed by atoms with Crippen molar-refractivity contribution >= 4 is 11.6 Å². The summed E-state index contributed by atoms with van der Waals surface area (Å²) in [5, 5.41) is 9.21. The molecule has 0 aromatic rings. The molecular formula is C11H12O4. The number of Topliss-reactive ketones (excluding diaryl/α,β-unsaturated/α-hetero) is 1. The van der Waals surface area contributed by atoms with Crippen LogP contribution in [0.4, 0.5) is 0 Å². The normalized spacial score (nSPS) is 31.7.